The second-order valence-electron chi connectivity index (χ2n) is 8.82. The zero-order chi connectivity index (χ0) is 23.7. The molecule has 1 amide bonds. The number of nitrogens with one attached hydrogen (secondary N) is 1. The number of rotatable bonds is 5. The van der Waals surface area contributed by atoms with E-state index in [-0.39, 0.29) is 17.9 Å². The number of piperidine rings is 1. The lowest BCUT2D eigenvalue weighted by molar-refractivity contribution is -0.126. The molecule has 1 saturated heterocycles. The van der Waals surface area contributed by atoms with Gasteiger partial charge in [0.05, 0.1) is 10.9 Å². The van der Waals surface area contributed by atoms with Crippen LogP contribution in [-0.4, -0.2) is 44.9 Å². The zero-order valence-electron chi connectivity index (χ0n) is 19.1. The fourth-order valence-electron chi connectivity index (χ4n) is 4.58. The minimum Gasteiger partial charge on any atom is -0.486 e. The summed E-state index contributed by atoms with van der Waals surface area (Å²) in [7, 11) is -3.60. The maximum Gasteiger partial charge on any atom is 0.243 e. The zero-order valence-corrected chi connectivity index (χ0v) is 19.9. The molecule has 34 heavy (non-hydrogen) atoms. The summed E-state index contributed by atoms with van der Waals surface area (Å²) in [6.07, 6.45) is 0.985. The van der Waals surface area contributed by atoms with Crippen molar-refractivity contribution in [1.82, 2.24) is 9.62 Å². The summed E-state index contributed by atoms with van der Waals surface area (Å²) in [6.45, 7) is 3.63. The number of amides is 1. The molecular weight excluding hydrogens is 452 g/mol. The van der Waals surface area contributed by atoms with E-state index in [2.05, 4.69) is 5.32 Å². The highest BCUT2D eigenvalue weighted by atomic mass is 32.2. The second kappa shape index (κ2) is 9.27. The highest BCUT2D eigenvalue weighted by molar-refractivity contribution is 7.89. The maximum absolute atomic E-state index is 13.2. The molecule has 1 fully saturated rings. The largest absolute Gasteiger partial charge is 0.486 e. The van der Waals surface area contributed by atoms with Crippen LogP contribution in [-0.2, 0) is 14.8 Å². The number of hydrogen-bond acceptors (Lipinski definition) is 5. The Morgan fingerprint density at radius 2 is 1.65 bits per heavy atom. The molecule has 0 unspecified atom stereocenters. The molecule has 0 aliphatic carbocycles. The fourth-order valence-corrected chi connectivity index (χ4v) is 6.08. The number of nitrogens with zero attached hydrogens (tertiary/aromatic N) is 1. The third-order valence-electron chi connectivity index (χ3n) is 6.61. The van der Waals surface area contributed by atoms with Crippen molar-refractivity contribution in [3.05, 3.63) is 66.2 Å². The predicted octanol–water partition coefficient (Wildman–Crippen LogP) is 3.89. The van der Waals surface area contributed by atoms with Crippen molar-refractivity contribution < 1.29 is 22.7 Å². The second-order valence-corrected chi connectivity index (χ2v) is 10.8. The summed E-state index contributed by atoms with van der Waals surface area (Å²) in [5, 5.41) is 4.97. The van der Waals surface area contributed by atoms with Gasteiger partial charge in [-0.05, 0) is 60.4 Å². The molecule has 2 heterocycles. The van der Waals surface area contributed by atoms with Gasteiger partial charge in [-0.3, -0.25) is 4.79 Å². The summed E-state index contributed by atoms with van der Waals surface area (Å²) in [4.78, 5) is 13.2. The molecule has 0 bridgehead atoms. The molecular formula is C26H28N2O5S. The van der Waals surface area contributed by atoms with Crippen molar-refractivity contribution in [2.24, 2.45) is 5.92 Å². The van der Waals surface area contributed by atoms with Crippen LogP contribution in [0.4, 0.5) is 0 Å². The molecule has 0 spiro atoms. The number of hydrogen-bond donors (Lipinski definition) is 1. The Morgan fingerprint density at radius 3 is 2.41 bits per heavy atom. The summed E-state index contributed by atoms with van der Waals surface area (Å²) in [6, 6.07) is 18.4. The first-order valence-electron chi connectivity index (χ1n) is 11.6. The molecule has 1 atom stereocenters. The van der Waals surface area contributed by atoms with Crippen LogP contribution < -0.4 is 14.8 Å². The number of carbonyl (C=O) groups excluding carboxylic acids is 1. The van der Waals surface area contributed by atoms with Crippen LogP contribution in [0.1, 0.15) is 31.4 Å². The minimum absolute atomic E-state index is 0.0508. The third kappa shape index (κ3) is 4.48. The van der Waals surface area contributed by atoms with Crippen LogP contribution in [0.3, 0.4) is 0 Å². The molecule has 5 rings (SSSR count). The SMILES string of the molecule is C[C@H](NC(=O)C1CCN(S(=O)(=O)c2ccc3ccccc3c2)CC1)c1ccc2c(c1)OCCO2. The Balaban J connectivity index is 1.21. The molecule has 0 radical (unpaired) electrons. The Morgan fingerprint density at radius 1 is 0.941 bits per heavy atom. The summed E-state index contributed by atoms with van der Waals surface area (Å²) >= 11 is 0. The van der Waals surface area contributed by atoms with Crippen molar-refractivity contribution in [1.29, 1.82) is 0 Å². The topological polar surface area (TPSA) is 84.9 Å². The van der Waals surface area contributed by atoms with Crippen molar-refractivity contribution in [2.45, 2.75) is 30.7 Å². The smallest absolute Gasteiger partial charge is 0.243 e. The van der Waals surface area contributed by atoms with E-state index < -0.39 is 10.0 Å². The monoisotopic (exact) mass is 480 g/mol. The molecule has 2 aliphatic heterocycles. The summed E-state index contributed by atoms with van der Waals surface area (Å²) in [5.74, 6) is 1.14. The molecule has 0 aromatic heterocycles. The number of fused-ring (bicyclic) bond motifs is 2. The van der Waals surface area contributed by atoms with Crippen LogP contribution >= 0.6 is 0 Å². The average Bonchev–Trinajstić information content (AvgIpc) is 2.88. The number of carbonyl (C=O) groups is 1. The van der Waals surface area contributed by atoms with Gasteiger partial charge < -0.3 is 14.8 Å². The Kier molecular flexibility index (Phi) is 6.18. The highest BCUT2D eigenvalue weighted by Gasteiger charge is 2.32. The molecule has 3 aromatic rings. The van der Waals surface area contributed by atoms with Crippen molar-refractivity contribution in [2.75, 3.05) is 26.3 Å². The van der Waals surface area contributed by atoms with Crippen molar-refractivity contribution in [3.8, 4) is 11.5 Å². The van der Waals surface area contributed by atoms with Gasteiger partial charge in [-0.2, -0.15) is 4.31 Å². The lowest BCUT2D eigenvalue weighted by atomic mass is 9.96. The van der Waals surface area contributed by atoms with Crippen LogP contribution in [0.25, 0.3) is 10.8 Å². The van der Waals surface area contributed by atoms with E-state index in [1.54, 1.807) is 12.1 Å². The summed E-state index contributed by atoms with van der Waals surface area (Å²) < 4.78 is 39.1. The van der Waals surface area contributed by atoms with Gasteiger partial charge in [0.25, 0.3) is 0 Å². The molecule has 3 aromatic carbocycles. The van der Waals surface area contributed by atoms with Gasteiger partial charge in [0.2, 0.25) is 15.9 Å². The van der Waals surface area contributed by atoms with E-state index in [9.17, 15) is 13.2 Å². The van der Waals surface area contributed by atoms with Crippen LogP contribution in [0.5, 0.6) is 11.5 Å². The van der Waals surface area contributed by atoms with Crippen molar-refractivity contribution >= 4 is 26.7 Å². The van der Waals surface area contributed by atoms with E-state index in [1.165, 1.54) is 4.31 Å². The van der Waals surface area contributed by atoms with Crippen LogP contribution in [0.2, 0.25) is 0 Å². The number of benzene rings is 3. The first-order chi connectivity index (χ1) is 16.4. The van der Waals surface area contributed by atoms with E-state index in [0.717, 1.165) is 16.3 Å². The molecule has 0 saturated carbocycles. The van der Waals surface area contributed by atoms with E-state index in [4.69, 9.17) is 9.47 Å². The van der Waals surface area contributed by atoms with Crippen molar-refractivity contribution in [3.63, 3.8) is 0 Å². The van der Waals surface area contributed by atoms with E-state index in [1.807, 2.05) is 55.5 Å². The fraction of sp³-hybridized carbons (Fsp3) is 0.346. The van der Waals surface area contributed by atoms with Gasteiger partial charge in [0.15, 0.2) is 11.5 Å². The van der Waals surface area contributed by atoms with Gasteiger partial charge >= 0.3 is 0 Å². The minimum atomic E-state index is -3.60. The standard InChI is InChI=1S/C26H28N2O5S/c1-18(21-7-9-24-25(17-21)33-15-14-32-24)27-26(29)20-10-12-28(13-11-20)34(30,31)23-8-6-19-4-2-3-5-22(19)16-23/h2-9,16-18,20H,10-15H2,1H3,(H,27,29)/t18-/m0/s1. The Labute approximate surface area is 199 Å². The lowest BCUT2D eigenvalue weighted by Crippen LogP contribution is -2.43. The Bertz CT molecular complexity index is 1320. The van der Waals surface area contributed by atoms with Gasteiger partial charge in [-0.1, -0.05) is 36.4 Å². The first kappa shape index (κ1) is 22.7. The lowest BCUT2D eigenvalue weighted by Gasteiger charge is -2.31. The number of sulfonamides is 1. The summed E-state index contributed by atoms with van der Waals surface area (Å²) in [5.41, 5.74) is 0.939. The van der Waals surface area contributed by atoms with Gasteiger partial charge in [-0.25, -0.2) is 8.42 Å². The van der Waals surface area contributed by atoms with Gasteiger partial charge in [0.1, 0.15) is 13.2 Å². The van der Waals surface area contributed by atoms with Gasteiger partial charge in [0, 0.05) is 19.0 Å². The molecule has 7 nitrogen and oxygen atoms in total. The predicted molar refractivity (Wildman–Crippen MR) is 129 cm³/mol. The molecule has 2 aliphatic rings. The first-order valence-corrected chi connectivity index (χ1v) is 13.0. The molecule has 1 N–H and O–H groups in total. The third-order valence-corrected chi connectivity index (χ3v) is 8.50. The quantitative estimate of drug-likeness (QED) is 0.599. The van der Waals surface area contributed by atoms with Crippen LogP contribution in [0, 0.1) is 5.92 Å². The van der Waals surface area contributed by atoms with E-state index >= 15 is 0 Å². The van der Waals surface area contributed by atoms with Gasteiger partial charge in [-0.15, -0.1) is 0 Å². The average molecular weight is 481 g/mol. The van der Waals surface area contributed by atoms with Crippen LogP contribution in [0.15, 0.2) is 65.6 Å². The molecule has 8 heteroatoms. The normalized spacial score (nSPS) is 17.9. The van der Waals surface area contributed by atoms with E-state index in [0.29, 0.717) is 55.5 Å². The highest BCUT2D eigenvalue weighted by Crippen LogP contribution is 2.33. The number of ether oxygens (including phenoxy) is 2. The molecule has 178 valence electrons. The maximum atomic E-state index is 13.2. The Hall–Kier alpha value is -3.10.